The summed E-state index contributed by atoms with van der Waals surface area (Å²) in [6, 6.07) is 4.79. The molecule has 2 rings (SSSR count). The third kappa shape index (κ3) is 3.97. The van der Waals surface area contributed by atoms with Gasteiger partial charge in [0.2, 0.25) is 0 Å². The molecule has 0 saturated carbocycles. The van der Waals surface area contributed by atoms with Crippen LogP contribution in [0.4, 0.5) is 4.39 Å². The second kappa shape index (κ2) is 6.08. The number of aryl methyl sites for hydroxylation is 1. The maximum atomic E-state index is 13.0. The molecule has 6 heteroatoms. The molecule has 0 saturated heterocycles. The zero-order chi connectivity index (χ0) is 13.8. The predicted molar refractivity (Wildman–Crippen MR) is 73.1 cm³/mol. The molecule has 0 aliphatic rings. The third-order valence-corrected chi connectivity index (χ3v) is 3.25. The first-order chi connectivity index (χ1) is 9.04. The molecule has 0 fully saturated rings. The summed E-state index contributed by atoms with van der Waals surface area (Å²) in [6.07, 6.45) is 0. The fourth-order valence-electron chi connectivity index (χ4n) is 1.46. The number of ether oxygens (including phenoxy) is 1. The molecule has 1 aromatic heterocycles. The number of halogens is 1. The van der Waals surface area contributed by atoms with Gasteiger partial charge in [0, 0.05) is 6.04 Å². The van der Waals surface area contributed by atoms with Crippen molar-refractivity contribution in [3.05, 3.63) is 34.6 Å². The standard InChI is InChI=1S/C13H16FN3OS/c1-8(2)15-7-12-16-17-13(19-12)18-11-5-4-10(14)6-9(11)3/h4-6,8,15H,7H2,1-3H3. The maximum Gasteiger partial charge on any atom is 0.299 e. The molecule has 102 valence electrons. The van der Waals surface area contributed by atoms with Crippen molar-refractivity contribution in [1.82, 2.24) is 15.5 Å². The molecule has 0 atom stereocenters. The van der Waals surface area contributed by atoms with Crippen LogP contribution in [0.5, 0.6) is 10.9 Å². The second-order valence-electron chi connectivity index (χ2n) is 4.51. The van der Waals surface area contributed by atoms with E-state index in [1.165, 1.54) is 23.5 Å². The Kier molecular flexibility index (Phi) is 4.44. The van der Waals surface area contributed by atoms with E-state index in [-0.39, 0.29) is 5.82 Å². The number of nitrogens with one attached hydrogen (secondary N) is 1. The van der Waals surface area contributed by atoms with Crippen molar-refractivity contribution >= 4 is 11.3 Å². The number of rotatable bonds is 5. The van der Waals surface area contributed by atoms with Crippen molar-refractivity contribution in [2.45, 2.75) is 33.4 Å². The maximum absolute atomic E-state index is 13.0. The molecule has 0 spiro atoms. The van der Waals surface area contributed by atoms with E-state index in [9.17, 15) is 4.39 Å². The van der Waals surface area contributed by atoms with Crippen LogP contribution in [0.25, 0.3) is 0 Å². The molecule has 1 aromatic carbocycles. The van der Waals surface area contributed by atoms with Crippen molar-refractivity contribution in [2.24, 2.45) is 0 Å². The van der Waals surface area contributed by atoms with Crippen LogP contribution in [-0.4, -0.2) is 16.2 Å². The Hall–Kier alpha value is -1.53. The Balaban J connectivity index is 2.03. The van der Waals surface area contributed by atoms with Gasteiger partial charge < -0.3 is 10.1 Å². The average molecular weight is 281 g/mol. The predicted octanol–water partition coefficient (Wildman–Crippen LogP) is 3.28. The highest BCUT2D eigenvalue weighted by Gasteiger charge is 2.08. The first-order valence-corrected chi connectivity index (χ1v) is 6.86. The van der Waals surface area contributed by atoms with Gasteiger partial charge in [0.1, 0.15) is 16.6 Å². The topological polar surface area (TPSA) is 47.0 Å². The summed E-state index contributed by atoms with van der Waals surface area (Å²) in [7, 11) is 0. The van der Waals surface area contributed by atoms with Crippen LogP contribution in [0.15, 0.2) is 18.2 Å². The highest BCUT2D eigenvalue weighted by Crippen LogP contribution is 2.27. The number of hydrogen-bond acceptors (Lipinski definition) is 5. The van der Waals surface area contributed by atoms with E-state index in [2.05, 4.69) is 29.4 Å². The van der Waals surface area contributed by atoms with E-state index in [1.807, 2.05) is 0 Å². The van der Waals surface area contributed by atoms with Gasteiger partial charge in [0.05, 0.1) is 6.54 Å². The Morgan fingerprint density at radius 1 is 1.37 bits per heavy atom. The molecule has 0 aliphatic heterocycles. The van der Waals surface area contributed by atoms with Crippen LogP contribution >= 0.6 is 11.3 Å². The van der Waals surface area contributed by atoms with E-state index in [1.54, 1.807) is 13.0 Å². The van der Waals surface area contributed by atoms with E-state index in [4.69, 9.17) is 4.74 Å². The first kappa shape index (κ1) is 13.9. The monoisotopic (exact) mass is 281 g/mol. The molecule has 0 unspecified atom stereocenters. The second-order valence-corrected chi connectivity index (χ2v) is 5.53. The molecule has 19 heavy (non-hydrogen) atoms. The zero-order valence-corrected chi connectivity index (χ0v) is 11.9. The van der Waals surface area contributed by atoms with Gasteiger partial charge in [0.25, 0.3) is 5.19 Å². The Morgan fingerprint density at radius 3 is 2.84 bits per heavy atom. The smallest absolute Gasteiger partial charge is 0.299 e. The highest BCUT2D eigenvalue weighted by atomic mass is 32.1. The van der Waals surface area contributed by atoms with E-state index in [0.29, 0.717) is 23.5 Å². The van der Waals surface area contributed by atoms with Gasteiger partial charge in [-0.2, -0.15) is 0 Å². The van der Waals surface area contributed by atoms with Crippen LogP contribution in [-0.2, 0) is 6.54 Å². The van der Waals surface area contributed by atoms with Gasteiger partial charge in [-0.3, -0.25) is 0 Å². The van der Waals surface area contributed by atoms with Gasteiger partial charge in [0.15, 0.2) is 0 Å². The molecule has 1 N–H and O–H groups in total. The molecule has 0 radical (unpaired) electrons. The molecule has 0 amide bonds. The lowest BCUT2D eigenvalue weighted by Gasteiger charge is -2.05. The lowest BCUT2D eigenvalue weighted by Crippen LogP contribution is -2.21. The van der Waals surface area contributed by atoms with Crippen molar-refractivity contribution in [2.75, 3.05) is 0 Å². The number of aromatic nitrogens is 2. The average Bonchev–Trinajstić information content (AvgIpc) is 2.78. The quantitative estimate of drug-likeness (QED) is 0.913. The van der Waals surface area contributed by atoms with Crippen LogP contribution in [0, 0.1) is 12.7 Å². The van der Waals surface area contributed by atoms with Gasteiger partial charge in [-0.25, -0.2) is 4.39 Å². The first-order valence-electron chi connectivity index (χ1n) is 6.04. The van der Waals surface area contributed by atoms with Crippen molar-refractivity contribution < 1.29 is 9.13 Å². The van der Waals surface area contributed by atoms with Crippen LogP contribution in [0.1, 0.15) is 24.4 Å². The molecule has 0 bridgehead atoms. The van der Waals surface area contributed by atoms with Crippen LogP contribution < -0.4 is 10.1 Å². The minimum Gasteiger partial charge on any atom is -0.430 e. The van der Waals surface area contributed by atoms with Crippen LogP contribution in [0.2, 0.25) is 0 Å². The Bertz CT molecular complexity index is 557. The SMILES string of the molecule is Cc1cc(F)ccc1Oc1nnc(CNC(C)C)s1. The van der Waals surface area contributed by atoms with E-state index < -0.39 is 0 Å². The highest BCUT2D eigenvalue weighted by molar-refractivity contribution is 7.13. The summed E-state index contributed by atoms with van der Waals surface area (Å²) < 4.78 is 18.6. The van der Waals surface area contributed by atoms with Gasteiger partial charge in [-0.15, -0.1) is 5.10 Å². The number of hydrogen-bond donors (Lipinski definition) is 1. The molecule has 1 heterocycles. The van der Waals surface area contributed by atoms with Crippen molar-refractivity contribution in [3.63, 3.8) is 0 Å². The molecule has 0 aliphatic carbocycles. The third-order valence-electron chi connectivity index (χ3n) is 2.44. The summed E-state index contributed by atoms with van der Waals surface area (Å²) in [5.74, 6) is 0.324. The zero-order valence-electron chi connectivity index (χ0n) is 11.1. The molecular formula is C13H16FN3OS. The van der Waals surface area contributed by atoms with Crippen LogP contribution in [0.3, 0.4) is 0 Å². The van der Waals surface area contributed by atoms with Crippen molar-refractivity contribution in [1.29, 1.82) is 0 Å². The van der Waals surface area contributed by atoms with Gasteiger partial charge in [-0.05, 0) is 30.7 Å². The Labute approximate surface area is 115 Å². The fourth-order valence-corrected chi connectivity index (χ4v) is 2.12. The van der Waals surface area contributed by atoms with E-state index in [0.717, 1.165) is 10.6 Å². The normalized spacial score (nSPS) is 11.0. The Morgan fingerprint density at radius 2 is 2.16 bits per heavy atom. The summed E-state index contributed by atoms with van der Waals surface area (Å²) in [6.45, 7) is 6.60. The minimum absolute atomic E-state index is 0.274. The fraction of sp³-hybridized carbons (Fsp3) is 0.385. The number of benzene rings is 1. The largest absolute Gasteiger partial charge is 0.430 e. The summed E-state index contributed by atoms with van der Waals surface area (Å²) in [5, 5.41) is 12.6. The molecule has 2 aromatic rings. The number of nitrogens with zero attached hydrogens (tertiary/aromatic N) is 2. The molecule has 4 nitrogen and oxygen atoms in total. The summed E-state index contributed by atoms with van der Waals surface area (Å²) in [5.41, 5.74) is 0.733. The van der Waals surface area contributed by atoms with E-state index >= 15 is 0 Å². The lowest BCUT2D eigenvalue weighted by atomic mass is 10.2. The summed E-state index contributed by atoms with van der Waals surface area (Å²) in [4.78, 5) is 0. The van der Waals surface area contributed by atoms with Gasteiger partial charge >= 0.3 is 0 Å². The minimum atomic E-state index is -0.274. The van der Waals surface area contributed by atoms with Crippen molar-refractivity contribution in [3.8, 4) is 10.9 Å². The molecular weight excluding hydrogens is 265 g/mol. The lowest BCUT2D eigenvalue weighted by molar-refractivity contribution is 0.467. The van der Waals surface area contributed by atoms with Gasteiger partial charge in [-0.1, -0.05) is 30.3 Å². The summed E-state index contributed by atoms with van der Waals surface area (Å²) >= 11 is 1.38.